The Kier molecular flexibility index (Phi) is 4.99. The van der Waals surface area contributed by atoms with Gasteiger partial charge in [-0.15, -0.1) is 11.3 Å². The SMILES string of the molecule is O=C(CC1CSCCN1)N1CCOC(c2cccs2)C1. The zero-order valence-electron chi connectivity index (χ0n) is 11.4. The van der Waals surface area contributed by atoms with Crippen LogP contribution in [0, 0.1) is 0 Å². The second-order valence-corrected chi connectivity index (χ2v) is 7.27. The second-order valence-electron chi connectivity index (χ2n) is 5.14. The molecule has 0 aliphatic carbocycles. The van der Waals surface area contributed by atoms with E-state index in [1.54, 1.807) is 11.3 Å². The van der Waals surface area contributed by atoms with E-state index in [1.807, 2.05) is 22.7 Å². The van der Waals surface area contributed by atoms with Crippen LogP contribution in [-0.4, -0.2) is 54.6 Å². The van der Waals surface area contributed by atoms with Crippen molar-refractivity contribution in [1.29, 1.82) is 0 Å². The highest BCUT2D eigenvalue weighted by Gasteiger charge is 2.27. The Morgan fingerprint density at radius 2 is 2.50 bits per heavy atom. The molecule has 6 heteroatoms. The van der Waals surface area contributed by atoms with E-state index >= 15 is 0 Å². The molecule has 2 aliphatic heterocycles. The van der Waals surface area contributed by atoms with Gasteiger partial charge in [-0.05, 0) is 11.4 Å². The summed E-state index contributed by atoms with van der Waals surface area (Å²) in [4.78, 5) is 15.6. The number of amides is 1. The Bertz CT molecular complexity index is 432. The van der Waals surface area contributed by atoms with Crippen LogP contribution in [0.2, 0.25) is 0 Å². The molecule has 2 atom stereocenters. The Balaban J connectivity index is 1.54. The number of thiophene rings is 1. The summed E-state index contributed by atoms with van der Waals surface area (Å²) < 4.78 is 5.79. The first-order valence-electron chi connectivity index (χ1n) is 7.07. The predicted molar refractivity (Wildman–Crippen MR) is 83.3 cm³/mol. The van der Waals surface area contributed by atoms with Gasteiger partial charge in [0.2, 0.25) is 5.91 Å². The van der Waals surface area contributed by atoms with Crippen LogP contribution in [0.4, 0.5) is 0 Å². The monoisotopic (exact) mass is 312 g/mol. The van der Waals surface area contributed by atoms with E-state index < -0.39 is 0 Å². The zero-order valence-corrected chi connectivity index (χ0v) is 13.0. The number of hydrogen-bond acceptors (Lipinski definition) is 5. The maximum atomic E-state index is 12.4. The van der Waals surface area contributed by atoms with E-state index in [9.17, 15) is 4.79 Å². The highest BCUT2D eigenvalue weighted by atomic mass is 32.2. The van der Waals surface area contributed by atoms with Crippen LogP contribution >= 0.6 is 23.1 Å². The third-order valence-electron chi connectivity index (χ3n) is 3.70. The predicted octanol–water partition coefficient (Wildman–Crippen LogP) is 1.74. The molecule has 1 N–H and O–H groups in total. The van der Waals surface area contributed by atoms with Gasteiger partial charge in [-0.2, -0.15) is 11.8 Å². The summed E-state index contributed by atoms with van der Waals surface area (Å²) in [5.74, 6) is 2.46. The number of ether oxygens (including phenoxy) is 1. The first kappa shape index (κ1) is 14.4. The first-order chi connectivity index (χ1) is 9.83. The van der Waals surface area contributed by atoms with Crippen LogP contribution in [0.15, 0.2) is 17.5 Å². The molecule has 2 fully saturated rings. The molecule has 3 heterocycles. The van der Waals surface area contributed by atoms with Gasteiger partial charge in [0.25, 0.3) is 0 Å². The van der Waals surface area contributed by atoms with Gasteiger partial charge in [-0.25, -0.2) is 0 Å². The lowest BCUT2D eigenvalue weighted by Crippen LogP contribution is -2.46. The molecule has 20 heavy (non-hydrogen) atoms. The van der Waals surface area contributed by atoms with Crippen molar-refractivity contribution in [3.8, 4) is 0 Å². The zero-order chi connectivity index (χ0) is 13.8. The van der Waals surface area contributed by atoms with Crippen molar-refractivity contribution < 1.29 is 9.53 Å². The van der Waals surface area contributed by atoms with Crippen molar-refractivity contribution in [1.82, 2.24) is 10.2 Å². The van der Waals surface area contributed by atoms with Gasteiger partial charge in [0.15, 0.2) is 0 Å². The van der Waals surface area contributed by atoms with Crippen molar-refractivity contribution in [2.24, 2.45) is 0 Å². The lowest BCUT2D eigenvalue weighted by molar-refractivity contribution is -0.139. The van der Waals surface area contributed by atoms with Gasteiger partial charge in [0.1, 0.15) is 6.10 Å². The number of carbonyl (C=O) groups is 1. The maximum absolute atomic E-state index is 12.4. The van der Waals surface area contributed by atoms with Gasteiger partial charge < -0.3 is 15.0 Å². The van der Waals surface area contributed by atoms with E-state index in [4.69, 9.17) is 4.74 Å². The molecule has 0 radical (unpaired) electrons. The van der Waals surface area contributed by atoms with Gasteiger partial charge in [-0.3, -0.25) is 4.79 Å². The number of morpholine rings is 1. The number of thioether (sulfide) groups is 1. The first-order valence-corrected chi connectivity index (χ1v) is 9.10. The number of rotatable bonds is 3. The number of hydrogen-bond donors (Lipinski definition) is 1. The van der Waals surface area contributed by atoms with E-state index in [0.717, 1.165) is 24.6 Å². The largest absolute Gasteiger partial charge is 0.369 e. The van der Waals surface area contributed by atoms with Crippen LogP contribution in [0.25, 0.3) is 0 Å². The molecule has 2 saturated heterocycles. The van der Waals surface area contributed by atoms with Crippen LogP contribution < -0.4 is 5.32 Å². The number of nitrogens with zero attached hydrogens (tertiary/aromatic N) is 1. The van der Waals surface area contributed by atoms with Crippen molar-refractivity contribution in [3.63, 3.8) is 0 Å². The van der Waals surface area contributed by atoms with E-state index in [-0.39, 0.29) is 12.0 Å². The summed E-state index contributed by atoms with van der Waals surface area (Å²) in [6.07, 6.45) is 0.672. The van der Waals surface area contributed by atoms with Gasteiger partial charge in [0.05, 0.1) is 13.2 Å². The molecule has 1 amide bonds. The lowest BCUT2D eigenvalue weighted by atomic mass is 10.1. The average Bonchev–Trinajstić information content (AvgIpc) is 3.03. The molecule has 3 rings (SSSR count). The molecule has 4 nitrogen and oxygen atoms in total. The van der Waals surface area contributed by atoms with Crippen molar-refractivity contribution >= 4 is 29.0 Å². The number of carbonyl (C=O) groups excluding carboxylic acids is 1. The molecule has 0 bridgehead atoms. The topological polar surface area (TPSA) is 41.6 Å². The standard InChI is InChI=1S/C14H20N2O2S2/c17-14(8-11-10-19-7-3-15-11)16-4-5-18-12(9-16)13-2-1-6-20-13/h1-2,6,11-12,15H,3-5,7-10H2. The maximum Gasteiger partial charge on any atom is 0.224 e. The molecule has 0 saturated carbocycles. The summed E-state index contributed by atoms with van der Waals surface area (Å²) in [5, 5.41) is 5.49. The Hall–Kier alpha value is -0.560. The van der Waals surface area contributed by atoms with Crippen LogP contribution in [0.3, 0.4) is 0 Å². The summed E-state index contributed by atoms with van der Waals surface area (Å²) >= 11 is 3.63. The summed E-state index contributed by atoms with van der Waals surface area (Å²) in [7, 11) is 0. The minimum absolute atomic E-state index is 0.0568. The molecule has 2 aliphatic rings. The smallest absolute Gasteiger partial charge is 0.224 e. The minimum atomic E-state index is 0.0568. The molecule has 110 valence electrons. The van der Waals surface area contributed by atoms with Crippen LogP contribution in [-0.2, 0) is 9.53 Å². The molecule has 1 aromatic rings. The van der Waals surface area contributed by atoms with Crippen LogP contribution in [0.1, 0.15) is 17.4 Å². The third-order valence-corrected chi connectivity index (χ3v) is 5.79. The third kappa shape index (κ3) is 3.55. The Morgan fingerprint density at radius 3 is 3.25 bits per heavy atom. The number of nitrogens with one attached hydrogen (secondary N) is 1. The van der Waals surface area contributed by atoms with Crippen molar-refractivity contribution in [3.05, 3.63) is 22.4 Å². The highest BCUT2D eigenvalue weighted by molar-refractivity contribution is 7.99. The summed E-state index contributed by atoms with van der Waals surface area (Å²) in [6, 6.07) is 4.46. The highest BCUT2D eigenvalue weighted by Crippen LogP contribution is 2.26. The van der Waals surface area contributed by atoms with E-state index in [0.29, 0.717) is 25.6 Å². The summed E-state index contributed by atoms with van der Waals surface area (Å²) in [5.41, 5.74) is 0. The molecule has 0 aromatic carbocycles. The second kappa shape index (κ2) is 6.93. The van der Waals surface area contributed by atoms with Crippen molar-refractivity contribution in [2.45, 2.75) is 18.6 Å². The molecule has 1 aromatic heterocycles. The van der Waals surface area contributed by atoms with E-state index in [2.05, 4.69) is 16.8 Å². The Morgan fingerprint density at radius 1 is 1.55 bits per heavy atom. The van der Waals surface area contributed by atoms with E-state index in [1.165, 1.54) is 4.88 Å². The van der Waals surface area contributed by atoms with Gasteiger partial charge in [-0.1, -0.05) is 6.07 Å². The fraction of sp³-hybridized carbons (Fsp3) is 0.643. The van der Waals surface area contributed by atoms with Crippen LogP contribution in [0.5, 0.6) is 0 Å². The normalized spacial score (nSPS) is 27.5. The summed E-state index contributed by atoms with van der Waals surface area (Å²) in [6.45, 7) is 3.07. The fourth-order valence-electron chi connectivity index (χ4n) is 2.61. The quantitative estimate of drug-likeness (QED) is 0.923. The molecule has 2 unspecified atom stereocenters. The molecule has 0 spiro atoms. The van der Waals surface area contributed by atoms with Gasteiger partial charge >= 0.3 is 0 Å². The molecular weight excluding hydrogens is 292 g/mol. The minimum Gasteiger partial charge on any atom is -0.369 e. The lowest BCUT2D eigenvalue weighted by Gasteiger charge is -2.34. The molecular formula is C14H20N2O2S2. The van der Waals surface area contributed by atoms with Gasteiger partial charge in [0, 0.05) is 41.9 Å². The Labute approximate surface area is 127 Å². The average molecular weight is 312 g/mol. The fourth-order valence-corrected chi connectivity index (χ4v) is 4.33. The van der Waals surface area contributed by atoms with Crippen molar-refractivity contribution in [2.75, 3.05) is 37.7 Å².